The van der Waals surface area contributed by atoms with E-state index < -0.39 is 0 Å². The summed E-state index contributed by atoms with van der Waals surface area (Å²) in [5.41, 5.74) is 5.14. The predicted octanol–water partition coefficient (Wildman–Crippen LogP) is 4.99. The molecule has 3 rings (SSSR count). The molecule has 1 nitrogen and oxygen atoms in total. The quantitative estimate of drug-likeness (QED) is 0.834. The lowest BCUT2D eigenvalue weighted by molar-refractivity contribution is 0.420. The van der Waals surface area contributed by atoms with E-state index in [1.165, 1.54) is 36.0 Å². The molecule has 1 saturated carbocycles. The summed E-state index contributed by atoms with van der Waals surface area (Å²) >= 11 is 6.22. The lowest BCUT2D eigenvalue weighted by Gasteiger charge is -2.25. The van der Waals surface area contributed by atoms with E-state index in [4.69, 9.17) is 11.6 Å². The number of hydrogen-bond acceptors (Lipinski definition) is 1. The van der Waals surface area contributed by atoms with E-state index in [0.29, 0.717) is 0 Å². The van der Waals surface area contributed by atoms with Gasteiger partial charge in [-0.25, -0.2) is 0 Å². The SMILES string of the molecule is CNCc1cc(-c2ccc(C3CCC3)cc2)ccc1Cl. The summed E-state index contributed by atoms with van der Waals surface area (Å²) in [6.07, 6.45) is 4.09. The van der Waals surface area contributed by atoms with Gasteiger partial charge in [-0.3, -0.25) is 0 Å². The first-order chi connectivity index (χ1) is 9.78. The zero-order chi connectivity index (χ0) is 13.9. The highest BCUT2D eigenvalue weighted by Crippen LogP contribution is 2.37. The lowest BCUT2D eigenvalue weighted by atomic mass is 9.80. The molecule has 0 unspecified atom stereocenters. The first kappa shape index (κ1) is 13.7. The third kappa shape index (κ3) is 2.74. The number of nitrogens with one attached hydrogen (secondary N) is 1. The number of benzene rings is 2. The van der Waals surface area contributed by atoms with Crippen LogP contribution in [-0.2, 0) is 6.54 Å². The standard InChI is InChI=1S/C18H20ClN/c1-20-12-17-11-16(9-10-18(17)19)15-7-5-14(6-8-15)13-3-2-4-13/h5-11,13,20H,2-4,12H2,1H3. The average Bonchev–Trinajstić information content (AvgIpc) is 2.41. The minimum absolute atomic E-state index is 0.798. The van der Waals surface area contributed by atoms with Crippen molar-refractivity contribution in [1.82, 2.24) is 5.32 Å². The number of hydrogen-bond donors (Lipinski definition) is 1. The maximum absolute atomic E-state index is 6.22. The highest BCUT2D eigenvalue weighted by Gasteiger charge is 2.19. The Morgan fingerprint density at radius 1 is 1.05 bits per heavy atom. The zero-order valence-electron chi connectivity index (χ0n) is 11.8. The molecule has 2 aromatic rings. The predicted molar refractivity (Wildman–Crippen MR) is 86.2 cm³/mol. The van der Waals surface area contributed by atoms with Gasteiger partial charge in [-0.05, 0) is 60.2 Å². The normalized spacial score (nSPS) is 15.1. The Bertz CT molecular complexity index is 585. The summed E-state index contributed by atoms with van der Waals surface area (Å²) in [5.74, 6) is 0.800. The number of rotatable bonds is 4. The van der Waals surface area contributed by atoms with Crippen LogP contribution in [0.25, 0.3) is 11.1 Å². The first-order valence-electron chi connectivity index (χ1n) is 7.31. The fraction of sp³-hybridized carbons (Fsp3) is 0.333. The molecule has 0 aromatic heterocycles. The van der Waals surface area contributed by atoms with Crippen molar-refractivity contribution in [1.29, 1.82) is 0 Å². The molecule has 2 aromatic carbocycles. The molecule has 0 aliphatic heterocycles. The maximum Gasteiger partial charge on any atom is 0.0451 e. The van der Waals surface area contributed by atoms with Crippen LogP contribution in [0.15, 0.2) is 42.5 Å². The highest BCUT2D eigenvalue weighted by atomic mass is 35.5. The van der Waals surface area contributed by atoms with Crippen LogP contribution in [0.5, 0.6) is 0 Å². The molecule has 0 saturated heterocycles. The van der Waals surface area contributed by atoms with E-state index in [1.54, 1.807) is 0 Å². The van der Waals surface area contributed by atoms with Crippen molar-refractivity contribution < 1.29 is 0 Å². The van der Waals surface area contributed by atoms with Gasteiger partial charge in [0.15, 0.2) is 0 Å². The highest BCUT2D eigenvalue weighted by molar-refractivity contribution is 6.31. The molecule has 0 spiro atoms. The van der Waals surface area contributed by atoms with Gasteiger partial charge in [0.2, 0.25) is 0 Å². The van der Waals surface area contributed by atoms with Crippen molar-refractivity contribution in [2.45, 2.75) is 31.7 Å². The van der Waals surface area contributed by atoms with Crippen molar-refractivity contribution in [2.24, 2.45) is 0 Å². The van der Waals surface area contributed by atoms with Crippen LogP contribution in [0.2, 0.25) is 5.02 Å². The summed E-state index contributed by atoms with van der Waals surface area (Å²) in [7, 11) is 1.94. The van der Waals surface area contributed by atoms with Gasteiger partial charge in [0.05, 0.1) is 0 Å². The maximum atomic E-state index is 6.22. The first-order valence-corrected chi connectivity index (χ1v) is 7.69. The van der Waals surface area contributed by atoms with E-state index >= 15 is 0 Å². The molecule has 0 bridgehead atoms. The molecule has 104 valence electrons. The largest absolute Gasteiger partial charge is 0.316 e. The van der Waals surface area contributed by atoms with Crippen LogP contribution in [0.3, 0.4) is 0 Å². The van der Waals surface area contributed by atoms with Crippen molar-refractivity contribution in [3.63, 3.8) is 0 Å². The van der Waals surface area contributed by atoms with Crippen LogP contribution in [0.1, 0.15) is 36.3 Å². The van der Waals surface area contributed by atoms with Gasteiger partial charge in [-0.1, -0.05) is 48.4 Å². The van der Waals surface area contributed by atoms with E-state index in [-0.39, 0.29) is 0 Å². The second kappa shape index (κ2) is 5.99. The molecule has 2 heteroatoms. The minimum Gasteiger partial charge on any atom is -0.316 e. The molecule has 0 heterocycles. The Kier molecular flexibility index (Phi) is 4.09. The molecule has 0 radical (unpaired) electrons. The summed E-state index contributed by atoms with van der Waals surface area (Å²) in [6.45, 7) is 0.798. The zero-order valence-corrected chi connectivity index (χ0v) is 12.6. The van der Waals surface area contributed by atoms with Crippen molar-refractivity contribution in [3.05, 3.63) is 58.6 Å². The Morgan fingerprint density at radius 2 is 1.75 bits per heavy atom. The molecule has 1 fully saturated rings. The smallest absolute Gasteiger partial charge is 0.0451 e. The molecular formula is C18H20ClN. The summed E-state index contributed by atoms with van der Waals surface area (Å²) in [6, 6.07) is 15.3. The molecule has 0 atom stereocenters. The van der Waals surface area contributed by atoms with Gasteiger partial charge in [0.25, 0.3) is 0 Å². The van der Waals surface area contributed by atoms with Crippen LogP contribution in [-0.4, -0.2) is 7.05 Å². The van der Waals surface area contributed by atoms with Crippen molar-refractivity contribution >= 4 is 11.6 Å². The average molecular weight is 286 g/mol. The monoisotopic (exact) mass is 285 g/mol. The minimum atomic E-state index is 0.798. The third-order valence-corrected chi connectivity index (χ3v) is 4.60. The summed E-state index contributed by atoms with van der Waals surface area (Å²) in [4.78, 5) is 0. The van der Waals surface area contributed by atoms with Gasteiger partial charge in [-0.2, -0.15) is 0 Å². The molecular weight excluding hydrogens is 266 g/mol. The van der Waals surface area contributed by atoms with Gasteiger partial charge < -0.3 is 5.32 Å². The Hall–Kier alpha value is -1.31. The van der Waals surface area contributed by atoms with Gasteiger partial charge in [-0.15, -0.1) is 0 Å². The topological polar surface area (TPSA) is 12.0 Å². The van der Waals surface area contributed by atoms with E-state index in [1.807, 2.05) is 13.1 Å². The van der Waals surface area contributed by atoms with Gasteiger partial charge in [0.1, 0.15) is 0 Å². The van der Waals surface area contributed by atoms with Crippen molar-refractivity contribution in [2.75, 3.05) is 7.05 Å². The Balaban J connectivity index is 1.86. The van der Waals surface area contributed by atoms with Crippen LogP contribution in [0.4, 0.5) is 0 Å². The summed E-state index contributed by atoms with van der Waals surface area (Å²) < 4.78 is 0. The van der Waals surface area contributed by atoms with Gasteiger partial charge in [0, 0.05) is 11.6 Å². The van der Waals surface area contributed by atoms with Gasteiger partial charge >= 0.3 is 0 Å². The fourth-order valence-corrected chi connectivity index (χ4v) is 2.95. The second-order valence-corrected chi connectivity index (χ2v) is 5.99. The molecule has 0 amide bonds. The molecule has 1 N–H and O–H groups in total. The molecule has 1 aliphatic carbocycles. The second-order valence-electron chi connectivity index (χ2n) is 5.59. The van der Waals surface area contributed by atoms with Crippen LogP contribution in [0, 0.1) is 0 Å². The Labute approximate surface area is 126 Å². The number of halogens is 1. The van der Waals surface area contributed by atoms with E-state index in [9.17, 15) is 0 Å². The summed E-state index contributed by atoms with van der Waals surface area (Å²) in [5, 5.41) is 3.99. The van der Waals surface area contributed by atoms with Crippen LogP contribution < -0.4 is 5.32 Å². The Morgan fingerprint density at radius 3 is 2.35 bits per heavy atom. The molecule has 1 aliphatic rings. The molecule has 20 heavy (non-hydrogen) atoms. The van der Waals surface area contributed by atoms with Crippen molar-refractivity contribution in [3.8, 4) is 11.1 Å². The van der Waals surface area contributed by atoms with E-state index in [2.05, 4.69) is 41.7 Å². The van der Waals surface area contributed by atoms with Crippen LogP contribution >= 0.6 is 11.6 Å². The van der Waals surface area contributed by atoms with E-state index in [0.717, 1.165) is 23.0 Å². The fourth-order valence-electron chi connectivity index (χ4n) is 2.77. The lowest BCUT2D eigenvalue weighted by Crippen LogP contribution is -2.08. The third-order valence-electron chi connectivity index (χ3n) is 4.23.